The van der Waals surface area contributed by atoms with Crippen molar-refractivity contribution < 1.29 is 8.42 Å². The van der Waals surface area contributed by atoms with Crippen molar-refractivity contribution in [3.05, 3.63) is 0 Å². The summed E-state index contributed by atoms with van der Waals surface area (Å²) in [5.41, 5.74) is 5.29. The van der Waals surface area contributed by atoms with E-state index in [9.17, 15) is 8.42 Å². The summed E-state index contributed by atoms with van der Waals surface area (Å²) in [4.78, 5) is 0. The van der Waals surface area contributed by atoms with Gasteiger partial charge in [-0.1, -0.05) is 6.92 Å². The minimum absolute atomic E-state index is 0.000833. The standard InChI is InChI=1S/C5H14N2O2S/c1-3-7-10(8,9)4-5(2)6/h5,7H,3-4,6H2,1-2H3. The first-order chi connectivity index (χ1) is 4.48. The number of rotatable bonds is 4. The minimum atomic E-state index is -3.11. The minimum Gasteiger partial charge on any atom is -0.327 e. The fourth-order valence-corrected chi connectivity index (χ4v) is 1.87. The number of nitrogens with one attached hydrogen (secondary N) is 1. The first-order valence-corrected chi connectivity index (χ1v) is 4.86. The SMILES string of the molecule is CCNS(=O)(=O)CC(C)N. The van der Waals surface area contributed by atoms with Crippen LogP contribution in [-0.2, 0) is 10.0 Å². The Labute approximate surface area is 61.8 Å². The molecule has 0 saturated carbocycles. The largest absolute Gasteiger partial charge is 0.327 e. The van der Waals surface area contributed by atoms with E-state index in [0.29, 0.717) is 6.54 Å². The van der Waals surface area contributed by atoms with Gasteiger partial charge < -0.3 is 5.73 Å². The van der Waals surface area contributed by atoms with Crippen molar-refractivity contribution in [1.29, 1.82) is 0 Å². The molecule has 1 unspecified atom stereocenters. The Bertz CT molecular complexity index is 174. The smallest absolute Gasteiger partial charge is 0.213 e. The predicted octanol–water partition coefficient (Wildman–Crippen LogP) is -0.727. The van der Waals surface area contributed by atoms with E-state index in [1.54, 1.807) is 13.8 Å². The summed E-state index contributed by atoms with van der Waals surface area (Å²) >= 11 is 0. The molecular formula is C5H14N2O2S. The molecule has 5 heteroatoms. The third kappa shape index (κ3) is 4.72. The highest BCUT2D eigenvalue weighted by molar-refractivity contribution is 7.89. The molecule has 0 rings (SSSR count). The van der Waals surface area contributed by atoms with Crippen molar-refractivity contribution in [2.75, 3.05) is 12.3 Å². The van der Waals surface area contributed by atoms with E-state index in [0.717, 1.165) is 0 Å². The molecule has 0 aromatic rings. The lowest BCUT2D eigenvalue weighted by atomic mass is 10.4. The molecule has 0 radical (unpaired) electrons. The van der Waals surface area contributed by atoms with E-state index in [2.05, 4.69) is 4.72 Å². The van der Waals surface area contributed by atoms with Crippen molar-refractivity contribution in [1.82, 2.24) is 4.72 Å². The van der Waals surface area contributed by atoms with E-state index in [1.165, 1.54) is 0 Å². The molecule has 10 heavy (non-hydrogen) atoms. The number of hydrogen-bond donors (Lipinski definition) is 2. The summed E-state index contributed by atoms with van der Waals surface area (Å²) in [6.07, 6.45) is 0. The second-order valence-electron chi connectivity index (χ2n) is 2.26. The predicted molar refractivity (Wildman–Crippen MR) is 41.1 cm³/mol. The highest BCUT2D eigenvalue weighted by Crippen LogP contribution is 1.85. The van der Waals surface area contributed by atoms with Crippen LogP contribution in [0.1, 0.15) is 13.8 Å². The Kier molecular flexibility index (Phi) is 3.85. The van der Waals surface area contributed by atoms with Crippen LogP contribution in [0.5, 0.6) is 0 Å². The molecule has 0 spiro atoms. The lowest BCUT2D eigenvalue weighted by Gasteiger charge is -2.05. The van der Waals surface area contributed by atoms with E-state index >= 15 is 0 Å². The molecular weight excluding hydrogens is 152 g/mol. The first kappa shape index (κ1) is 9.87. The molecule has 0 aromatic carbocycles. The molecule has 1 atom stereocenters. The highest BCUT2D eigenvalue weighted by Gasteiger charge is 2.10. The van der Waals surface area contributed by atoms with Crippen molar-refractivity contribution in [2.45, 2.75) is 19.9 Å². The fraction of sp³-hybridized carbons (Fsp3) is 1.00. The molecule has 0 heterocycles. The summed E-state index contributed by atoms with van der Waals surface area (Å²) in [6.45, 7) is 3.82. The number of sulfonamides is 1. The van der Waals surface area contributed by atoms with Gasteiger partial charge in [-0.2, -0.15) is 0 Å². The summed E-state index contributed by atoms with van der Waals surface area (Å²) < 4.78 is 24.0. The van der Waals surface area contributed by atoms with Crippen LogP contribution in [0.15, 0.2) is 0 Å². The topological polar surface area (TPSA) is 72.2 Å². The first-order valence-electron chi connectivity index (χ1n) is 3.21. The maximum atomic E-state index is 10.8. The lowest BCUT2D eigenvalue weighted by Crippen LogP contribution is -2.34. The van der Waals surface area contributed by atoms with Gasteiger partial charge in [0.1, 0.15) is 0 Å². The molecule has 3 N–H and O–H groups in total. The van der Waals surface area contributed by atoms with Gasteiger partial charge in [-0.3, -0.25) is 0 Å². The van der Waals surface area contributed by atoms with Crippen molar-refractivity contribution in [3.63, 3.8) is 0 Å². The fourth-order valence-electron chi connectivity index (χ4n) is 0.625. The molecule has 0 aliphatic carbocycles. The van der Waals surface area contributed by atoms with Gasteiger partial charge in [0, 0.05) is 12.6 Å². The van der Waals surface area contributed by atoms with Crippen LogP contribution in [-0.4, -0.2) is 26.8 Å². The average molecular weight is 166 g/mol. The third-order valence-corrected chi connectivity index (χ3v) is 2.54. The van der Waals surface area contributed by atoms with Crippen LogP contribution in [0.3, 0.4) is 0 Å². The Morgan fingerprint density at radius 2 is 2.10 bits per heavy atom. The normalized spacial score (nSPS) is 15.1. The van der Waals surface area contributed by atoms with E-state index in [-0.39, 0.29) is 11.8 Å². The van der Waals surface area contributed by atoms with E-state index < -0.39 is 10.0 Å². The van der Waals surface area contributed by atoms with Crippen molar-refractivity contribution in [3.8, 4) is 0 Å². The van der Waals surface area contributed by atoms with Gasteiger partial charge in [0.2, 0.25) is 10.0 Å². The van der Waals surface area contributed by atoms with Gasteiger partial charge in [0.25, 0.3) is 0 Å². The summed E-state index contributed by atoms with van der Waals surface area (Å²) in [5.74, 6) is 0.000833. The van der Waals surface area contributed by atoms with Crippen LogP contribution in [0.25, 0.3) is 0 Å². The molecule has 4 nitrogen and oxygen atoms in total. The van der Waals surface area contributed by atoms with Gasteiger partial charge in [0.15, 0.2) is 0 Å². The van der Waals surface area contributed by atoms with Gasteiger partial charge >= 0.3 is 0 Å². The highest BCUT2D eigenvalue weighted by atomic mass is 32.2. The van der Waals surface area contributed by atoms with Gasteiger partial charge in [-0.15, -0.1) is 0 Å². The Hall–Kier alpha value is -0.130. The second-order valence-corrected chi connectivity index (χ2v) is 4.11. The quantitative estimate of drug-likeness (QED) is 0.578. The van der Waals surface area contributed by atoms with E-state index in [4.69, 9.17) is 5.73 Å². The Morgan fingerprint density at radius 3 is 2.40 bits per heavy atom. The van der Waals surface area contributed by atoms with Gasteiger partial charge in [-0.25, -0.2) is 13.1 Å². The number of nitrogens with two attached hydrogens (primary N) is 1. The third-order valence-electron chi connectivity index (χ3n) is 0.847. The summed E-state index contributed by atoms with van der Waals surface area (Å²) in [7, 11) is -3.11. The van der Waals surface area contributed by atoms with E-state index in [1.807, 2.05) is 0 Å². The molecule has 0 fully saturated rings. The molecule has 0 aliphatic heterocycles. The molecule has 0 aliphatic rings. The molecule has 0 aromatic heterocycles. The number of hydrogen-bond acceptors (Lipinski definition) is 3. The summed E-state index contributed by atoms with van der Waals surface area (Å²) in [5, 5.41) is 0. The lowest BCUT2D eigenvalue weighted by molar-refractivity contribution is 0.578. The van der Waals surface area contributed by atoms with Crippen LogP contribution >= 0.6 is 0 Å². The molecule has 0 bridgehead atoms. The molecule has 0 amide bonds. The van der Waals surface area contributed by atoms with Crippen LogP contribution in [0.2, 0.25) is 0 Å². The monoisotopic (exact) mass is 166 g/mol. The molecule has 62 valence electrons. The average Bonchev–Trinajstić information content (AvgIpc) is 1.59. The Morgan fingerprint density at radius 1 is 1.60 bits per heavy atom. The van der Waals surface area contributed by atoms with Gasteiger partial charge in [0.05, 0.1) is 5.75 Å². The van der Waals surface area contributed by atoms with Gasteiger partial charge in [-0.05, 0) is 6.92 Å². The Balaban J connectivity index is 3.89. The zero-order chi connectivity index (χ0) is 8.20. The van der Waals surface area contributed by atoms with Crippen LogP contribution < -0.4 is 10.5 Å². The van der Waals surface area contributed by atoms with Crippen LogP contribution in [0, 0.1) is 0 Å². The van der Waals surface area contributed by atoms with Crippen LogP contribution in [0.4, 0.5) is 0 Å². The summed E-state index contributed by atoms with van der Waals surface area (Å²) in [6, 6.07) is -0.302. The zero-order valence-corrected chi connectivity index (χ0v) is 7.11. The zero-order valence-electron chi connectivity index (χ0n) is 6.29. The van der Waals surface area contributed by atoms with Crippen molar-refractivity contribution >= 4 is 10.0 Å². The molecule has 0 saturated heterocycles. The maximum absolute atomic E-state index is 10.8. The maximum Gasteiger partial charge on any atom is 0.213 e. The second kappa shape index (κ2) is 3.90. The van der Waals surface area contributed by atoms with Crippen molar-refractivity contribution in [2.24, 2.45) is 5.73 Å².